The highest BCUT2D eigenvalue weighted by Gasteiger charge is 2.27. The molecular formula is C9H12F3N3O. The summed E-state index contributed by atoms with van der Waals surface area (Å²) < 4.78 is 39.5. The van der Waals surface area contributed by atoms with E-state index in [0.29, 0.717) is 5.82 Å². The first kappa shape index (κ1) is 12.7. The van der Waals surface area contributed by atoms with Crippen molar-refractivity contribution in [1.29, 1.82) is 0 Å². The maximum atomic E-state index is 11.7. The molecule has 1 heterocycles. The molecule has 16 heavy (non-hydrogen) atoms. The Morgan fingerprint density at radius 1 is 1.38 bits per heavy atom. The quantitative estimate of drug-likeness (QED) is 0.790. The van der Waals surface area contributed by atoms with E-state index in [2.05, 4.69) is 20.0 Å². The summed E-state index contributed by atoms with van der Waals surface area (Å²) in [5.74, 6) is 0.572. The molecule has 1 N–H and O–H groups in total. The Morgan fingerprint density at radius 2 is 2.12 bits per heavy atom. The summed E-state index contributed by atoms with van der Waals surface area (Å²) in [6.45, 7) is 0.819. The van der Waals surface area contributed by atoms with Crippen LogP contribution in [-0.2, 0) is 4.74 Å². The molecule has 1 aromatic rings. The van der Waals surface area contributed by atoms with Crippen molar-refractivity contribution in [3.8, 4) is 0 Å². The highest BCUT2D eigenvalue weighted by atomic mass is 19.4. The molecule has 7 heteroatoms. The number of aryl methyl sites for hydroxylation is 1. The van der Waals surface area contributed by atoms with Crippen LogP contribution in [0, 0.1) is 6.92 Å². The van der Waals surface area contributed by atoms with Gasteiger partial charge in [-0.1, -0.05) is 0 Å². The molecule has 0 bridgehead atoms. The summed E-state index contributed by atoms with van der Waals surface area (Å²) in [4.78, 5) is 7.77. The first-order chi connectivity index (χ1) is 7.47. The zero-order valence-corrected chi connectivity index (χ0v) is 8.71. The third-order valence-corrected chi connectivity index (χ3v) is 1.62. The van der Waals surface area contributed by atoms with Crippen molar-refractivity contribution < 1.29 is 17.9 Å². The molecule has 0 unspecified atom stereocenters. The van der Waals surface area contributed by atoms with Gasteiger partial charge in [-0.15, -0.1) is 0 Å². The summed E-state index contributed by atoms with van der Waals surface area (Å²) in [5.41, 5.74) is 0.786. The number of anilines is 1. The molecule has 0 saturated carbocycles. The highest BCUT2D eigenvalue weighted by Crippen LogP contribution is 2.14. The number of hydrogen-bond acceptors (Lipinski definition) is 4. The number of aromatic nitrogens is 2. The lowest BCUT2D eigenvalue weighted by atomic mass is 10.4. The highest BCUT2D eigenvalue weighted by molar-refractivity contribution is 5.34. The minimum Gasteiger partial charge on any atom is -0.370 e. The van der Waals surface area contributed by atoms with Crippen LogP contribution in [0.25, 0.3) is 0 Å². The normalized spacial score (nSPS) is 11.5. The minimum atomic E-state index is -4.27. The van der Waals surface area contributed by atoms with Gasteiger partial charge in [0.1, 0.15) is 18.8 Å². The van der Waals surface area contributed by atoms with Crippen LogP contribution in [0.4, 0.5) is 19.0 Å². The molecule has 0 saturated heterocycles. The van der Waals surface area contributed by atoms with Gasteiger partial charge in [-0.2, -0.15) is 13.2 Å². The van der Waals surface area contributed by atoms with Crippen molar-refractivity contribution in [1.82, 2.24) is 9.97 Å². The summed E-state index contributed by atoms with van der Waals surface area (Å²) in [7, 11) is 0. The van der Waals surface area contributed by atoms with Crippen molar-refractivity contribution in [3.05, 3.63) is 18.1 Å². The predicted molar refractivity (Wildman–Crippen MR) is 52.1 cm³/mol. The van der Waals surface area contributed by atoms with Gasteiger partial charge in [0.05, 0.1) is 6.61 Å². The van der Waals surface area contributed by atoms with Crippen LogP contribution in [0.1, 0.15) is 5.69 Å². The third kappa shape index (κ3) is 5.50. The molecule has 0 atom stereocenters. The van der Waals surface area contributed by atoms with Crippen molar-refractivity contribution >= 4 is 5.82 Å². The molecule has 1 aromatic heterocycles. The zero-order chi connectivity index (χ0) is 12.0. The maximum Gasteiger partial charge on any atom is 0.411 e. The van der Waals surface area contributed by atoms with E-state index < -0.39 is 12.8 Å². The third-order valence-electron chi connectivity index (χ3n) is 1.62. The molecule has 1 rings (SSSR count). The smallest absolute Gasteiger partial charge is 0.370 e. The zero-order valence-electron chi connectivity index (χ0n) is 8.71. The Morgan fingerprint density at radius 3 is 2.75 bits per heavy atom. The molecule has 0 aliphatic carbocycles. The first-order valence-electron chi connectivity index (χ1n) is 4.64. The van der Waals surface area contributed by atoms with Gasteiger partial charge in [0.2, 0.25) is 0 Å². The Bertz CT molecular complexity index is 330. The van der Waals surface area contributed by atoms with Crippen molar-refractivity contribution in [2.45, 2.75) is 13.1 Å². The Labute approximate surface area is 90.9 Å². The van der Waals surface area contributed by atoms with Crippen molar-refractivity contribution in [3.63, 3.8) is 0 Å². The van der Waals surface area contributed by atoms with Crippen LogP contribution in [0.3, 0.4) is 0 Å². The Hall–Kier alpha value is -1.37. The lowest BCUT2D eigenvalue weighted by Crippen LogP contribution is -2.20. The van der Waals surface area contributed by atoms with Crippen LogP contribution >= 0.6 is 0 Å². The van der Waals surface area contributed by atoms with Crippen LogP contribution in [0.5, 0.6) is 0 Å². The minimum absolute atomic E-state index is 0.0252. The second kappa shape index (κ2) is 5.64. The molecular weight excluding hydrogens is 223 g/mol. The number of ether oxygens (including phenoxy) is 1. The first-order valence-corrected chi connectivity index (χ1v) is 4.64. The molecule has 0 aromatic carbocycles. The molecule has 0 fully saturated rings. The molecule has 0 aliphatic heterocycles. The number of rotatable bonds is 5. The van der Waals surface area contributed by atoms with Crippen molar-refractivity contribution in [2.24, 2.45) is 0 Å². The largest absolute Gasteiger partial charge is 0.411 e. The SMILES string of the molecule is Cc1cc(NCCOCC(F)(F)F)ncn1. The molecule has 0 spiro atoms. The van der Waals surface area contributed by atoms with E-state index in [1.807, 2.05) is 0 Å². The predicted octanol–water partition coefficient (Wildman–Crippen LogP) is 1.78. The lowest BCUT2D eigenvalue weighted by molar-refractivity contribution is -0.172. The molecule has 90 valence electrons. The number of halogens is 3. The van der Waals surface area contributed by atoms with Crippen LogP contribution < -0.4 is 5.32 Å². The molecule has 4 nitrogen and oxygen atoms in total. The van der Waals surface area contributed by atoms with Gasteiger partial charge < -0.3 is 10.1 Å². The molecule has 0 amide bonds. The molecule has 0 aliphatic rings. The van der Waals surface area contributed by atoms with E-state index in [1.54, 1.807) is 13.0 Å². The number of hydrogen-bond donors (Lipinski definition) is 1. The van der Waals surface area contributed by atoms with E-state index >= 15 is 0 Å². The fourth-order valence-corrected chi connectivity index (χ4v) is 0.990. The lowest BCUT2D eigenvalue weighted by Gasteiger charge is -2.08. The Balaban J connectivity index is 2.17. The number of nitrogens with one attached hydrogen (secondary N) is 1. The number of nitrogens with zero attached hydrogens (tertiary/aromatic N) is 2. The van der Waals surface area contributed by atoms with Crippen molar-refractivity contribution in [2.75, 3.05) is 25.1 Å². The topological polar surface area (TPSA) is 47.0 Å². The van der Waals surface area contributed by atoms with Gasteiger partial charge in [-0.05, 0) is 6.92 Å². The molecule has 0 radical (unpaired) electrons. The van der Waals surface area contributed by atoms with Gasteiger partial charge in [0.15, 0.2) is 0 Å². The monoisotopic (exact) mass is 235 g/mol. The fraction of sp³-hybridized carbons (Fsp3) is 0.556. The fourth-order valence-electron chi connectivity index (χ4n) is 0.990. The van der Waals surface area contributed by atoms with Crippen LogP contribution in [0.15, 0.2) is 12.4 Å². The van der Waals surface area contributed by atoms with Crippen LogP contribution in [0.2, 0.25) is 0 Å². The van der Waals surface area contributed by atoms with E-state index in [9.17, 15) is 13.2 Å². The van der Waals surface area contributed by atoms with E-state index in [0.717, 1.165) is 5.69 Å². The average molecular weight is 235 g/mol. The summed E-state index contributed by atoms with van der Waals surface area (Å²) in [5, 5.41) is 2.83. The van der Waals surface area contributed by atoms with Gasteiger partial charge in [-0.25, -0.2) is 9.97 Å². The maximum absolute atomic E-state index is 11.7. The second-order valence-corrected chi connectivity index (χ2v) is 3.14. The van der Waals surface area contributed by atoms with E-state index in [-0.39, 0.29) is 13.2 Å². The summed E-state index contributed by atoms with van der Waals surface area (Å²) >= 11 is 0. The average Bonchev–Trinajstić information content (AvgIpc) is 2.15. The standard InChI is InChI=1S/C9H12F3N3O/c1-7-4-8(15-6-14-7)13-2-3-16-5-9(10,11)12/h4,6H,2-3,5H2,1H3,(H,13,14,15). The Kier molecular flexibility index (Phi) is 4.48. The summed E-state index contributed by atoms with van der Waals surface area (Å²) in [6.07, 6.45) is -2.89. The van der Waals surface area contributed by atoms with Crippen LogP contribution in [-0.4, -0.2) is 35.9 Å². The summed E-state index contributed by atoms with van der Waals surface area (Å²) in [6, 6.07) is 1.70. The second-order valence-electron chi connectivity index (χ2n) is 3.14. The van der Waals surface area contributed by atoms with Gasteiger partial charge in [0.25, 0.3) is 0 Å². The van der Waals surface area contributed by atoms with E-state index in [1.165, 1.54) is 6.33 Å². The van der Waals surface area contributed by atoms with Gasteiger partial charge in [-0.3, -0.25) is 0 Å². The van der Waals surface area contributed by atoms with E-state index in [4.69, 9.17) is 0 Å². The number of alkyl halides is 3. The van der Waals surface area contributed by atoms with Gasteiger partial charge >= 0.3 is 6.18 Å². The van der Waals surface area contributed by atoms with Gasteiger partial charge in [0, 0.05) is 18.3 Å².